The molecule has 0 bridgehead atoms. The Hall–Kier alpha value is -1.49. The Balaban J connectivity index is 2.13. The van der Waals surface area contributed by atoms with Crippen LogP contribution in [0.15, 0.2) is 29.2 Å². The molecule has 1 saturated carbocycles. The van der Waals surface area contributed by atoms with Crippen LogP contribution in [0, 0.1) is 0 Å². The van der Waals surface area contributed by atoms with E-state index in [0.29, 0.717) is 16.5 Å². The molecule has 1 aliphatic carbocycles. The summed E-state index contributed by atoms with van der Waals surface area (Å²) in [4.78, 5) is 23.6. The van der Waals surface area contributed by atoms with Crippen LogP contribution in [0.4, 0.5) is 0 Å². The Bertz CT molecular complexity index is 471. The number of carbonyl (C=O) groups is 2. The second kappa shape index (κ2) is 5.44. The average Bonchev–Trinajstić information content (AvgIpc) is 3.13. The maximum absolute atomic E-state index is 12.0. The number of carboxylic acid groups (broad SMARTS) is 1. The van der Waals surface area contributed by atoms with Gasteiger partial charge >= 0.3 is 5.97 Å². The molecule has 1 aromatic carbocycles. The van der Waals surface area contributed by atoms with Gasteiger partial charge in [0, 0.05) is 10.9 Å². The van der Waals surface area contributed by atoms with Crippen molar-refractivity contribution in [1.29, 1.82) is 0 Å². The predicted octanol–water partition coefficient (Wildman–Crippen LogP) is 2.14. The summed E-state index contributed by atoms with van der Waals surface area (Å²) in [6.07, 6.45) is 2.07. The lowest BCUT2D eigenvalue weighted by Gasteiger charge is -2.11. The van der Waals surface area contributed by atoms with Crippen LogP contribution in [0.2, 0.25) is 0 Å². The molecule has 0 heterocycles. The zero-order valence-electron chi connectivity index (χ0n) is 10.1. The fourth-order valence-corrected chi connectivity index (χ4v) is 2.42. The molecule has 0 radical (unpaired) electrons. The minimum absolute atomic E-state index is 0.113. The molecule has 5 heteroatoms. The highest BCUT2D eigenvalue weighted by Gasteiger charge is 2.25. The van der Waals surface area contributed by atoms with Crippen molar-refractivity contribution in [3.05, 3.63) is 29.8 Å². The highest BCUT2D eigenvalue weighted by Crippen LogP contribution is 2.28. The molecule has 0 saturated heterocycles. The first-order chi connectivity index (χ1) is 8.58. The molecule has 1 fully saturated rings. The quantitative estimate of drug-likeness (QED) is 0.800. The molecule has 1 amide bonds. The average molecular weight is 265 g/mol. The summed E-state index contributed by atoms with van der Waals surface area (Å²) in [5.74, 6) is -0.990. The standard InChI is InChI=1S/C13H15NO3S/c1-8(13(16)17)18-11-5-3-2-4-10(11)12(15)14-9-6-7-9/h2-5,8-9H,6-7H2,1H3,(H,14,15)(H,16,17). The van der Waals surface area contributed by atoms with Gasteiger partial charge in [-0.15, -0.1) is 11.8 Å². The van der Waals surface area contributed by atoms with Gasteiger partial charge in [0.2, 0.25) is 0 Å². The third-order valence-corrected chi connectivity index (χ3v) is 3.86. The highest BCUT2D eigenvalue weighted by atomic mass is 32.2. The lowest BCUT2D eigenvalue weighted by molar-refractivity contribution is -0.136. The SMILES string of the molecule is CC(Sc1ccccc1C(=O)NC1CC1)C(=O)O. The smallest absolute Gasteiger partial charge is 0.316 e. The summed E-state index contributed by atoms with van der Waals surface area (Å²) in [5.41, 5.74) is 0.558. The maximum Gasteiger partial charge on any atom is 0.316 e. The molecule has 96 valence electrons. The Labute approximate surface area is 110 Å². The molecule has 1 unspecified atom stereocenters. The zero-order chi connectivity index (χ0) is 13.1. The van der Waals surface area contributed by atoms with Crippen molar-refractivity contribution in [3.63, 3.8) is 0 Å². The number of hydrogen-bond donors (Lipinski definition) is 2. The van der Waals surface area contributed by atoms with Crippen LogP contribution in [0.25, 0.3) is 0 Å². The number of rotatable bonds is 5. The number of carbonyl (C=O) groups excluding carboxylic acids is 1. The summed E-state index contributed by atoms with van der Waals surface area (Å²) in [5, 5.41) is 11.3. The monoisotopic (exact) mass is 265 g/mol. The van der Waals surface area contributed by atoms with Gasteiger partial charge in [-0.3, -0.25) is 9.59 Å². The fourth-order valence-electron chi connectivity index (χ4n) is 1.49. The topological polar surface area (TPSA) is 66.4 Å². The van der Waals surface area contributed by atoms with E-state index >= 15 is 0 Å². The number of amides is 1. The molecule has 1 aromatic rings. The van der Waals surface area contributed by atoms with Crippen LogP contribution >= 0.6 is 11.8 Å². The Morgan fingerprint density at radius 3 is 2.67 bits per heavy atom. The number of nitrogens with one attached hydrogen (secondary N) is 1. The van der Waals surface area contributed by atoms with E-state index in [-0.39, 0.29) is 5.91 Å². The lowest BCUT2D eigenvalue weighted by atomic mass is 10.2. The first-order valence-corrected chi connectivity index (χ1v) is 6.75. The molecule has 4 nitrogen and oxygen atoms in total. The zero-order valence-corrected chi connectivity index (χ0v) is 10.9. The second-order valence-electron chi connectivity index (χ2n) is 4.34. The molecule has 1 aliphatic rings. The van der Waals surface area contributed by atoms with E-state index in [0.717, 1.165) is 12.8 Å². The molecule has 2 N–H and O–H groups in total. The third-order valence-electron chi connectivity index (χ3n) is 2.70. The van der Waals surface area contributed by atoms with Crippen LogP contribution in [0.5, 0.6) is 0 Å². The number of thioether (sulfide) groups is 1. The largest absolute Gasteiger partial charge is 0.480 e. The molecule has 2 rings (SSSR count). The number of aliphatic carboxylic acids is 1. The van der Waals surface area contributed by atoms with Crippen LogP contribution in [-0.2, 0) is 4.79 Å². The summed E-state index contributed by atoms with van der Waals surface area (Å²) in [6.45, 7) is 1.61. The van der Waals surface area contributed by atoms with Gasteiger partial charge in [0.25, 0.3) is 5.91 Å². The van der Waals surface area contributed by atoms with E-state index in [1.807, 2.05) is 6.07 Å². The van der Waals surface area contributed by atoms with Crippen molar-refractivity contribution in [2.24, 2.45) is 0 Å². The molecule has 0 aromatic heterocycles. The van der Waals surface area contributed by atoms with E-state index in [9.17, 15) is 9.59 Å². The first kappa shape index (κ1) is 13.0. The first-order valence-electron chi connectivity index (χ1n) is 5.87. The van der Waals surface area contributed by atoms with E-state index in [4.69, 9.17) is 5.11 Å². The van der Waals surface area contributed by atoms with Crippen LogP contribution in [-0.4, -0.2) is 28.3 Å². The molecular formula is C13H15NO3S. The highest BCUT2D eigenvalue weighted by molar-refractivity contribution is 8.00. The van der Waals surface area contributed by atoms with E-state index < -0.39 is 11.2 Å². The molecule has 0 spiro atoms. The van der Waals surface area contributed by atoms with E-state index in [1.54, 1.807) is 25.1 Å². The van der Waals surface area contributed by atoms with E-state index in [1.165, 1.54) is 11.8 Å². The summed E-state index contributed by atoms with van der Waals surface area (Å²) in [7, 11) is 0. The van der Waals surface area contributed by atoms with Crippen LogP contribution in [0.1, 0.15) is 30.1 Å². The number of benzene rings is 1. The van der Waals surface area contributed by atoms with Gasteiger partial charge in [-0.1, -0.05) is 12.1 Å². The second-order valence-corrected chi connectivity index (χ2v) is 5.72. The van der Waals surface area contributed by atoms with Crippen molar-refractivity contribution < 1.29 is 14.7 Å². The summed E-state index contributed by atoms with van der Waals surface area (Å²) >= 11 is 1.19. The predicted molar refractivity (Wildman–Crippen MR) is 69.9 cm³/mol. The number of hydrogen-bond acceptors (Lipinski definition) is 3. The molecule has 18 heavy (non-hydrogen) atoms. The van der Waals surface area contributed by atoms with Gasteiger partial charge in [-0.2, -0.15) is 0 Å². The van der Waals surface area contributed by atoms with Gasteiger partial charge in [0.15, 0.2) is 0 Å². The van der Waals surface area contributed by atoms with Crippen molar-refractivity contribution in [3.8, 4) is 0 Å². The molecular weight excluding hydrogens is 250 g/mol. The van der Waals surface area contributed by atoms with Crippen molar-refractivity contribution in [2.45, 2.75) is 36.0 Å². The third kappa shape index (κ3) is 3.26. The van der Waals surface area contributed by atoms with Crippen molar-refractivity contribution >= 4 is 23.6 Å². The number of carboxylic acids is 1. The van der Waals surface area contributed by atoms with Gasteiger partial charge in [0.05, 0.1) is 5.56 Å². The van der Waals surface area contributed by atoms with Gasteiger partial charge in [-0.05, 0) is 31.9 Å². The lowest BCUT2D eigenvalue weighted by Crippen LogP contribution is -2.26. The fraction of sp³-hybridized carbons (Fsp3) is 0.385. The Morgan fingerprint density at radius 2 is 2.06 bits per heavy atom. The molecule has 1 atom stereocenters. The van der Waals surface area contributed by atoms with Crippen molar-refractivity contribution in [2.75, 3.05) is 0 Å². The normalized spacial score (nSPS) is 16.1. The van der Waals surface area contributed by atoms with Gasteiger partial charge in [-0.25, -0.2) is 0 Å². The minimum Gasteiger partial charge on any atom is -0.480 e. The van der Waals surface area contributed by atoms with Gasteiger partial charge < -0.3 is 10.4 Å². The summed E-state index contributed by atoms with van der Waals surface area (Å²) in [6, 6.07) is 7.41. The van der Waals surface area contributed by atoms with Crippen LogP contribution in [0.3, 0.4) is 0 Å². The van der Waals surface area contributed by atoms with E-state index in [2.05, 4.69) is 5.32 Å². The van der Waals surface area contributed by atoms with Gasteiger partial charge in [0.1, 0.15) is 5.25 Å². The Kier molecular flexibility index (Phi) is 3.91. The van der Waals surface area contributed by atoms with Crippen molar-refractivity contribution in [1.82, 2.24) is 5.32 Å². The minimum atomic E-state index is -0.877. The molecule has 0 aliphatic heterocycles. The maximum atomic E-state index is 12.0. The van der Waals surface area contributed by atoms with Crippen LogP contribution < -0.4 is 5.32 Å². The Morgan fingerprint density at radius 1 is 1.39 bits per heavy atom. The summed E-state index contributed by atoms with van der Waals surface area (Å²) < 4.78 is 0.